The summed E-state index contributed by atoms with van der Waals surface area (Å²) in [5.74, 6) is 6.18. The van der Waals surface area contributed by atoms with E-state index in [1.165, 1.54) is 17.9 Å². The van der Waals surface area contributed by atoms with E-state index in [-0.39, 0.29) is 5.41 Å². The van der Waals surface area contributed by atoms with Crippen LogP contribution in [0, 0.1) is 12.8 Å². The number of aromatic nitrogens is 2. The van der Waals surface area contributed by atoms with Crippen LogP contribution in [0.1, 0.15) is 45.5 Å². The van der Waals surface area contributed by atoms with Gasteiger partial charge in [0.2, 0.25) is 0 Å². The Morgan fingerprint density at radius 3 is 2.38 bits per heavy atom. The zero-order valence-electron chi connectivity index (χ0n) is 13.9. The average Bonchev–Trinajstić information content (AvgIpc) is 2.91. The molecule has 21 heavy (non-hydrogen) atoms. The third kappa shape index (κ3) is 4.25. The Kier molecular flexibility index (Phi) is 5.36. The smallest absolute Gasteiger partial charge is 0.138 e. The molecule has 0 spiro atoms. The van der Waals surface area contributed by atoms with Gasteiger partial charge in [-0.2, -0.15) is 11.8 Å². The van der Waals surface area contributed by atoms with Crippen molar-refractivity contribution in [2.24, 2.45) is 5.92 Å². The number of hydrogen-bond donors (Lipinski definition) is 2. The van der Waals surface area contributed by atoms with Gasteiger partial charge in [0.15, 0.2) is 0 Å². The van der Waals surface area contributed by atoms with Crippen LogP contribution >= 0.6 is 11.8 Å². The summed E-state index contributed by atoms with van der Waals surface area (Å²) in [5.41, 5.74) is 1.08. The van der Waals surface area contributed by atoms with Crippen molar-refractivity contribution < 1.29 is 0 Å². The van der Waals surface area contributed by atoms with Crippen molar-refractivity contribution in [2.75, 3.05) is 35.2 Å². The van der Waals surface area contributed by atoms with Gasteiger partial charge in [-0.3, -0.25) is 0 Å². The van der Waals surface area contributed by atoms with Gasteiger partial charge in [-0.05, 0) is 37.7 Å². The molecule has 4 nitrogen and oxygen atoms in total. The van der Waals surface area contributed by atoms with Crippen LogP contribution in [0.3, 0.4) is 0 Å². The van der Waals surface area contributed by atoms with E-state index in [0.29, 0.717) is 0 Å². The number of anilines is 2. The molecule has 1 aliphatic rings. The number of thioether (sulfide) groups is 1. The minimum atomic E-state index is -0.0441. The molecule has 0 amide bonds. The fraction of sp³-hybridized carbons (Fsp3) is 0.750. The lowest BCUT2D eigenvalue weighted by molar-refractivity contribution is 0.545. The molecule has 1 aromatic heterocycles. The fourth-order valence-corrected chi connectivity index (χ4v) is 3.63. The second-order valence-corrected chi connectivity index (χ2v) is 7.91. The zero-order valence-corrected chi connectivity index (χ0v) is 14.7. The number of rotatable bonds is 5. The van der Waals surface area contributed by atoms with Gasteiger partial charge in [0.1, 0.15) is 17.5 Å². The molecule has 1 atom stereocenters. The number of nitrogens with zero attached hydrogens (tertiary/aromatic N) is 2. The summed E-state index contributed by atoms with van der Waals surface area (Å²) in [4.78, 5) is 9.49. The maximum absolute atomic E-state index is 4.78. The van der Waals surface area contributed by atoms with E-state index in [0.717, 1.165) is 42.0 Å². The SMILES string of the molecule is CCNc1nc(C(C)(C)C)nc(NCC2CCSC2)c1C. The molecular formula is C16H28N4S. The van der Waals surface area contributed by atoms with E-state index in [9.17, 15) is 0 Å². The maximum atomic E-state index is 4.78. The molecule has 1 unspecified atom stereocenters. The lowest BCUT2D eigenvalue weighted by atomic mass is 9.95. The molecule has 1 fully saturated rings. The molecular weight excluding hydrogens is 280 g/mol. The number of nitrogens with one attached hydrogen (secondary N) is 2. The van der Waals surface area contributed by atoms with Crippen molar-refractivity contribution in [3.8, 4) is 0 Å². The normalized spacial score (nSPS) is 18.8. The van der Waals surface area contributed by atoms with Crippen molar-refractivity contribution in [3.63, 3.8) is 0 Å². The van der Waals surface area contributed by atoms with E-state index in [4.69, 9.17) is 9.97 Å². The minimum Gasteiger partial charge on any atom is -0.370 e. The molecule has 1 aromatic rings. The topological polar surface area (TPSA) is 49.8 Å². The van der Waals surface area contributed by atoms with E-state index >= 15 is 0 Å². The van der Waals surface area contributed by atoms with Gasteiger partial charge in [-0.25, -0.2) is 9.97 Å². The minimum absolute atomic E-state index is 0.0441. The summed E-state index contributed by atoms with van der Waals surface area (Å²) in [5, 5.41) is 6.92. The highest BCUT2D eigenvalue weighted by molar-refractivity contribution is 7.99. The molecule has 2 heterocycles. The standard InChI is InChI=1S/C16H28N4S/c1-6-17-13-11(2)14(18-9-12-7-8-21-10-12)20-15(19-13)16(3,4)5/h12H,6-10H2,1-5H3,(H2,17,18,19,20). The molecule has 1 saturated heterocycles. The first-order valence-corrected chi connectivity index (χ1v) is 9.02. The van der Waals surface area contributed by atoms with Crippen molar-refractivity contribution in [1.29, 1.82) is 0 Å². The Labute approximate surface area is 132 Å². The Morgan fingerprint density at radius 1 is 1.19 bits per heavy atom. The monoisotopic (exact) mass is 308 g/mol. The Bertz CT molecular complexity index is 476. The third-order valence-electron chi connectivity index (χ3n) is 3.74. The van der Waals surface area contributed by atoms with E-state index in [1.807, 2.05) is 0 Å². The van der Waals surface area contributed by atoms with E-state index in [2.05, 4.69) is 57.0 Å². The molecule has 0 radical (unpaired) electrons. The van der Waals surface area contributed by atoms with Crippen molar-refractivity contribution >= 4 is 23.4 Å². The number of hydrogen-bond acceptors (Lipinski definition) is 5. The Hall–Kier alpha value is -0.970. The summed E-state index contributed by atoms with van der Waals surface area (Å²) >= 11 is 2.06. The van der Waals surface area contributed by atoms with E-state index < -0.39 is 0 Å². The summed E-state index contributed by atoms with van der Waals surface area (Å²) < 4.78 is 0. The van der Waals surface area contributed by atoms with Gasteiger partial charge < -0.3 is 10.6 Å². The van der Waals surface area contributed by atoms with Gasteiger partial charge >= 0.3 is 0 Å². The fourth-order valence-electron chi connectivity index (χ4n) is 2.35. The highest BCUT2D eigenvalue weighted by atomic mass is 32.2. The molecule has 118 valence electrons. The van der Waals surface area contributed by atoms with Crippen LogP contribution in [-0.2, 0) is 5.41 Å². The molecule has 2 rings (SSSR count). The lowest BCUT2D eigenvalue weighted by Gasteiger charge is -2.22. The molecule has 0 bridgehead atoms. The molecule has 2 N–H and O–H groups in total. The van der Waals surface area contributed by atoms with Gasteiger partial charge in [-0.1, -0.05) is 20.8 Å². The van der Waals surface area contributed by atoms with Crippen LogP contribution in [0.4, 0.5) is 11.6 Å². The van der Waals surface area contributed by atoms with Crippen molar-refractivity contribution in [2.45, 2.75) is 46.5 Å². The van der Waals surface area contributed by atoms with Gasteiger partial charge in [-0.15, -0.1) is 0 Å². The maximum Gasteiger partial charge on any atom is 0.138 e. The molecule has 0 aromatic carbocycles. The van der Waals surface area contributed by atoms with Crippen LogP contribution in [-0.4, -0.2) is 34.6 Å². The van der Waals surface area contributed by atoms with Crippen molar-refractivity contribution in [1.82, 2.24) is 9.97 Å². The molecule has 5 heteroatoms. The van der Waals surface area contributed by atoms with Crippen LogP contribution < -0.4 is 10.6 Å². The van der Waals surface area contributed by atoms with Crippen LogP contribution in [0.5, 0.6) is 0 Å². The third-order valence-corrected chi connectivity index (χ3v) is 4.97. The van der Waals surface area contributed by atoms with Gasteiger partial charge in [0.25, 0.3) is 0 Å². The highest BCUT2D eigenvalue weighted by Crippen LogP contribution is 2.28. The highest BCUT2D eigenvalue weighted by Gasteiger charge is 2.22. The van der Waals surface area contributed by atoms with Crippen LogP contribution in [0.2, 0.25) is 0 Å². The second-order valence-electron chi connectivity index (χ2n) is 6.76. The van der Waals surface area contributed by atoms with Crippen molar-refractivity contribution in [3.05, 3.63) is 11.4 Å². The van der Waals surface area contributed by atoms with E-state index in [1.54, 1.807) is 0 Å². The van der Waals surface area contributed by atoms with Crippen LogP contribution in [0.15, 0.2) is 0 Å². The Morgan fingerprint density at radius 2 is 1.86 bits per heavy atom. The summed E-state index contributed by atoms with van der Waals surface area (Å²) in [6, 6.07) is 0. The predicted molar refractivity (Wildman–Crippen MR) is 93.6 cm³/mol. The largest absolute Gasteiger partial charge is 0.370 e. The Balaban J connectivity index is 2.22. The quantitative estimate of drug-likeness (QED) is 0.869. The zero-order chi connectivity index (χ0) is 15.5. The first kappa shape index (κ1) is 16.4. The summed E-state index contributed by atoms with van der Waals surface area (Å²) in [6.45, 7) is 12.6. The second kappa shape index (κ2) is 6.86. The first-order valence-electron chi connectivity index (χ1n) is 7.86. The van der Waals surface area contributed by atoms with Crippen LogP contribution in [0.25, 0.3) is 0 Å². The van der Waals surface area contributed by atoms with Gasteiger partial charge in [0, 0.05) is 24.1 Å². The average molecular weight is 308 g/mol. The molecule has 0 saturated carbocycles. The molecule has 1 aliphatic heterocycles. The molecule has 0 aliphatic carbocycles. The summed E-state index contributed by atoms with van der Waals surface area (Å²) in [6.07, 6.45) is 1.31. The first-order chi connectivity index (χ1) is 9.91. The lowest BCUT2D eigenvalue weighted by Crippen LogP contribution is -2.21. The van der Waals surface area contributed by atoms with Gasteiger partial charge in [0.05, 0.1) is 0 Å². The predicted octanol–water partition coefficient (Wildman–Crippen LogP) is 3.68. The summed E-state index contributed by atoms with van der Waals surface area (Å²) in [7, 11) is 0.